The van der Waals surface area contributed by atoms with Crippen LogP contribution in [0.2, 0.25) is 0 Å². The van der Waals surface area contributed by atoms with Gasteiger partial charge < -0.3 is 19.8 Å². The largest absolute Gasteiger partial charge is 0.478 e. The van der Waals surface area contributed by atoms with Crippen molar-refractivity contribution in [3.8, 4) is 0 Å². The van der Waals surface area contributed by atoms with Crippen molar-refractivity contribution in [2.45, 2.75) is 50.7 Å². The van der Waals surface area contributed by atoms with Gasteiger partial charge in [0.2, 0.25) is 0 Å². The highest BCUT2D eigenvalue weighted by Gasteiger charge is 2.42. The molecule has 0 bridgehead atoms. The van der Waals surface area contributed by atoms with E-state index in [0.29, 0.717) is 19.0 Å². The molecule has 7 heteroatoms. The number of amides is 2. The number of hydrogen-bond acceptors (Lipinski definition) is 4. The van der Waals surface area contributed by atoms with E-state index < -0.39 is 5.97 Å². The zero-order chi connectivity index (χ0) is 26.8. The topological polar surface area (TPSA) is 77.0 Å². The lowest BCUT2D eigenvalue weighted by Crippen LogP contribution is -2.48. The van der Waals surface area contributed by atoms with Gasteiger partial charge in [0.25, 0.3) is 0 Å². The molecule has 3 aromatic rings. The summed E-state index contributed by atoms with van der Waals surface area (Å²) in [5.74, 6) is -0.282. The van der Waals surface area contributed by atoms with E-state index in [1.54, 1.807) is 18.2 Å². The van der Waals surface area contributed by atoms with Crippen molar-refractivity contribution < 1.29 is 14.7 Å². The average molecular weight is 525 g/mol. The first kappa shape index (κ1) is 25.6. The number of carbonyl (C=O) groups excluding carboxylic acids is 1. The molecule has 2 saturated heterocycles. The maximum Gasteiger partial charge on any atom is 0.335 e. The maximum atomic E-state index is 13.8. The summed E-state index contributed by atoms with van der Waals surface area (Å²) in [5, 5.41) is 9.40. The molecule has 0 spiro atoms. The highest BCUT2D eigenvalue weighted by atomic mass is 16.4. The summed E-state index contributed by atoms with van der Waals surface area (Å²) in [5.41, 5.74) is 4.93. The van der Waals surface area contributed by atoms with Gasteiger partial charge in [-0.2, -0.15) is 0 Å². The van der Waals surface area contributed by atoms with Crippen LogP contribution in [0.1, 0.15) is 58.0 Å². The SMILES string of the molecule is O=C(O)c1cccc(CN2C[C@@H](c3ccccc3)N(C3CCN(CC4CCc5ncccc5C4)CC3)C2=O)c1. The summed E-state index contributed by atoms with van der Waals surface area (Å²) in [6.45, 7) is 4.15. The van der Waals surface area contributed by atoms with Gasteiger partial charge in [-0.15, -0.1) is 0 Å². The molecule has 39 heavy (non-hydrogen) atoms. The molecule has 7 nitrogen and oxygen atoms in total. The minimum absolute atomic E-state index is 0.000234. The lowest BCUT2D eigenvalue weighted by atomic mass is 9.86. The number of aromatic carboxylic acids is 1. The van der Waals surface area contributed by atoms with Crippen molar-refractivity contribution in [2.24, 2.45) is 5.92 Å². The number of hydrogen-bond donors (Lipinski definition) is 1. The number of benzene rings is 2. The standard InChI is InChI=1S/C32H36N4O3/c37-31(38)27-9-4-6-23(19-27)21-35-22-30(25-7-2-1-3-8-25)36(32(35)39)28-13-16-34(17-14-28)20-24-11-12-29-26(18-24)10-5-15-33-29/h1-10,15,19,24,28,30H,11-14,16-18,20-22H2,(H,37,38)/t24?,30-/m0/s1. The van der Waals surface area contributed by atoms with Gasteiger partial charge in [-0.1, -0.05) is 48.5 Å². The number of carbonyl (C=O) groups is 2. The summed E-state index contributed by atoms with van der Waals surface area (Å²) in [6.07, 6.45) is 7.24. The zero-order valence-corrected chi connectivity index (χ0v) is 22.3. The van der Waals surface area contributed by atoms with Crippen LogP contribution in [-0.4, -0.2) is 69.0 Å². The zero-order valence-electron chi connectivity index (χ0n) is 22.3. The van der Waals surface area contributed by atoms with E-state index >= 15 is 0 Å². The summed E-state index contributed by atoms with van der Waals surface area (Å²) in [7, 11) is 0. The molecule has 1 aliphatic carbocycles. The molecule has 2 aromatic carbocycles. The predicted molar refractivity (Wildman–Crippen MR) is 149 cm³/mol. The second-order valence-corrected chi connectivity index (χ2v) is 11.3. The van der Waals surface area contributed by atoms with E-state index in [1.807, 2.05) is 35.4 Å². The van der Waals surface area contributed by atoms with E-state index in [2.05, 4.69) is 39.0 Å². The molecule has 2 fully saturated rings. The molecule has 1 N–H and O–H groups in total. The van der Waals surface area contributed by atoms with Gasteiger partial charge >= 0.3 is 12.0 Å². The molecule has 3 aliphatic rings. The third-order valence-corrected chi connectivity index (χ3v) is 8.70. The van der Waals surface area contributed by atoms with E-state index in [4.69, 9.17) is 0 Å². The number of carboxylic acid groups (broad SMARTS) is 1. The molecule has 2 atom stereocenters. The smallest absolute Gasteiger partial charge is 0.335 e. The Hall–Kier alpha value is -3.71. The normalized spacial score (nSPS) is 22.2. The Kier molecular flexibility index (Phi) is 7.33. The third kappa shape index (κ3) is 5.55. The molecule has 0 saturated carbocycles. The van der Waals surface area contributed by atoms with Crippen molar-refractivity contribution in [3.63, 3.8) is 0 Å². The molecule has 0 radical (unpaired) electrons. The lowest BCUT2D eigenvalue weighted by molar-refractivity contribution is 0.0696. The summed E-state index contributed by atoms with van der Waals surface area (Å²) < 4.78 is 0. The van der Waals surface area contributed by atoms with E-state index in [1.165, 1.54) is 17.7 Å². The highest BCUT2D eigenvalue weighted by Crippen LogP contribution is 2.36. The van der Waals surface area contributed by atoms with Crippen LogP contribution < -0.4 is 0 Å². The summed E-state index contributed by atoms with van der Waals surface area (Å²) in [4.78, 5) is 36.5. The number of nitrogens with zero attached hydrogens (tertiary/aromatic N) is 4. The minimum atomic E-state index is -0.950. The quantitative estimate of drug-likeness (QED) is 0.469. The van der Waals surface area contributed by atoms with E-state index in [0.717, 1.165) is 56.4 Å². The first-order valence-corrected chi connectivity index (χ1v) is 14.1. The molecular weight excluding hydrogens is 488 g/mol. The number of urea groups is 1. The maximum absolute atomic E-state index is 13.8. The van der Waals surface area contributed by atoms with Crippen LogP contribution in [0.4, 0.5) is 4.79 Å². The van der Waals surface area contributed by atoms with E-state index in [9.17, 15) is 14.7 Å². The Morgan fingerprint density at radius 3 is 2.59 bits per heavy atom. The predicted octanol–water partition coefficient (Wildman–Crippen LogP) is 5.03. The fourth-order valence-corrected chi connectivity index (χ4v) is 6.72. The number of pyridine rings is 1. The Morgan fingerprint density at radius 2 is 1.79 bits per heavy atom. The fourth-order valence-electron chi connectivity index (χ4n) is 6.72. The van der Waals surface area contributed by atoms with Gasteiger partial charge in [0.05, 0.1) is 11.6 Å². The van der Waals surface area contributed by atoms with Crippen LogP contribution in [0.15, 0.2) is 72.9 Å². The lowest BCUT2D eigenvalue weighted by Gasteiger charge is -2.40. The number of piperidine rings is 1. The van der Waals surface area contributed by atoms with Crippen LogP contribution in [0, 0.1) is 5.92 Å². The number of aryl methyl sites for hydroxylation is 1. The Labute approximate surface area is 230 Å². The monoisotopic (exact) mass is 524 g/mol. The average Bonchev–Trinajstić information content (AvgIpc) is 3.29. The van der Waals surface area contributed by atoms with Gasteiger partial charge in [-0.25, -0.2) is 9.59 Å². The summed E-state index contributed by atoms with van der Waals surface area (Å²) in [6, 6.07) is 21.8. The molecule has 2 aliphatic heterocycles. The Balaban J connectivity index is 1.13. The first-order valence-electron chi connectivity index (χ1n) is 14.1. The molecule has 6 rings (SSSR count). The Bertz CT molecular complexity index is 1320. The van der Waals surface area contributed by atoms with Crippen LogP contribution in [-0.2, 0) is 19.4 Å². The fraction of sp³-hybridized carbons (Fsp3) is 0.406. The molecule has 3 heterocycles. The van der Waals surface area contributed by atoms with Crippen molar-refractivity contribution in [3.05, 3.63) is 101 Å². The number of likely N-dealkylation sites (tertiary alicyclic amines) is 1. The second kappa shape index (κ2) is 11.2. The van der Waals surface area contributed by atoms with Crippen LogP contribution in [0.5, 0.6) is 0 Å². The van der Waals surface area contributed by atoms with Gasteiger partial charge in [0.15, 0.2) is 0 Å². The molecule has 1 unspecified atom stereocenters. The van der Waals surface area contributed by atoms with Gasteiger partial charge in [-0.3, -0.25) is 4.98 Å². The number of aromatic nitrogens is 1. The minimum Gasteiger partial charge on any atom is -0.478 e. The summed E-state index contributed by atoms with van der Waals surface area (Å²) >= 11 is 0. The van der Waals surface area contributed by atoms with Crippen LogP contribution >= 0.6 is 0 Å². The molecule has 2 amide bonds. The van der Waals surface area contributed by atoms with Crippen molar-refractivity contribution in [2.75, 3.05) is 26.2 Å². The second-order valence-electron chi connectivity index (χ2n) is 11.3. The number of carboxylic acids is 1. The molecule has 202 valence electrons. The third-order valence-electron chi connectivity index (χ3n) is 8.70. The molecule has 1 aromatic heterocycles. The highest BCUT2D eigenvalue weighted by molar-refractivity contribution is 5.87. The first-order chi connectivity index (χ1) is 19.0. The van der Waals surface area contributed by atoms with Crippen molar-refractivity contribution in [1.82, 2.24) is 19.7 Å². The van der Waals surface area contributed by atoms with E-state index in [-0.39, 0.29) is 23.7 Å². The van der Waals surface area contributed by atoms with Gasteiger partial charge in [0.1, 0.15) is 0 Å². The Morgan fingerprint density at radius 1 is 0.974 bits per heavy atom. The number of rotatable bonds is 7. The van der Waals surface area contributed by atoms with Crippen LogP contribution in [0.3, 0.4) is 0 Å². The van der Waals surface area contributed by atoms with Crippen molar-refractivity contribution in [1.29, 1.82) is 0 Å². The van der Waals surface area contributed by atoms with Crippen molar-refractivity contribution >= 4 is 12.0 Å². The molecular formula is C32H36N4O3. The van der Waals surface area contributed by atoms with Gasteiger partial charge in [0, 0.05) is 50.7 Å². The number of fused-ring (bicyclic) bond motifs is 1. The van der Waals surface area contributed by atoms with Gasteiger partial charge in [-0.05, 0) is 72.9 Å². The van der Waals surface area contributed by atoms with Crippen LogP contribution in [0.25, 0.3) is 0 Å².